The lowest BCUT2D eigenvalue weighted by Gasteiger charge is -2.11. The average molecular weight is 549 g/mol. The van der Waals surface area contributed by atoms with Gasteiger partial charge in [0, 0.05) is 37.1 Å². The summed E-state index contributed by atoms with van der Waals surface area (Å²) >= 11 is 0. The van der Waals surface area contributed by atoms with Gasteiger partial charge in [-0.05, 0) is 66.9 Å². The fraction of sp³-hybridized carbons (Fsp3) is 0.185. The van der Waals surface area contributed by atoms with Gasteiger partial charge in [-0.3, -0.25) is 14.6 Å². The molecule has 0 aliphatic rings. The van der Waals surface area contributed by atoms with E-state index in [9.17, 15) is 17.6 Å². The lowest BCUT2D eigenvalue weighted by atomic mass is 10.1. The first-order valence-electron chi connectivity index (χ1n) is 12.1. The zero-order chi connectivity index (χ0) is 27.4. The summed E-state index contributed by atoms with van der Waals surface area (Å²) in [5.41, 5.74) is 2.80. The van der Waals surface area contributed by atoms with Gasteiger partial charge in [0.25, 0.3) is 5.91 Å². The first-order chi connectivity index (χ1) is 18.8. The largest absolute Gasteiger partial charge is 0.444 e. The number of carbonyl (C=O) groups excluding carboxylic acids is 1. The Bertz CT molecular complexity index is 1690. The highest BCUT2D eigenvalue weighted by molar-refractivity contribution is 7.90. The van der Waals surface area contributed by atoms with Gasteiger partial charge in [-0.2, -0.15) is 10.2 Å². The van der Waals surface area contributed by atoms with Gasteiger partial charge in [0.1, 0.15) is 17.8 Å². The molecule has 1 amide bonds. The zero-order valence-electron chi connectivity index (χ0n) is 21.0. The molecule has 0 bridgehead atoms. The molecule has 2 aromatic carbocycles. The van der Waals surface area contributed by atoms with E-state index in [1.807, 2.05) is 0 Å². The number of hydrogen-bond acceptors (Lipinski definition) is 7. The van der Waals surface area contributed by atoms with Crippen molar-refractivity contribution in [2.24, 2.45) is 7.05 Å². The van der Waals surface area contributed by atoms with Crippen LogP contribution in [-0.2, 0) is 29.1 Å². The Labute approximate surface area is 223 Å². The van der Waals surface area contributed by atoms with Crippen LogP contribution in [0.1, 0.15) is 28.0 Å². The van der Waals surface area contributed by atoms with Gasteiger partial charge in [-0.15, -0.1) is 0 Å². The minimum atomic E-state index is -3.89. The van der Waals surface area contributed by atoms with Crippen molar-refractivity contribution >= 4 is 15.7 Å². The highest BCUT2D eigenvalue weighted by Gasteiger charge is 2.25. The summed E-state index contributed by atoms with van der Waals surface area (Å²) in [6.45, 7) is 0.423. The topological polar surface area (TPSA) is 136 Å². The van der Waals surface area contributed by atoms with E-state index in [1.165, 1.54) is 41.3 Å². The molecule has 200 valence electrons. The second-order valence-electron chi connectivity index (χ2n) is 8.96. The highest BCUT2D eigenvalue weighted by atomic mass is 32.2. The lowest BCUT2D eigenvalue weighted by Crippen LogP contribution is -2.25. The number of nitrogens with zero attached hydrogens (tertiary/aromatic N) is 4. The Morgan fingerprint density at radius 2 is 1.97 bits per heavy atom. The maximum absolute atomic E-state index is 13.5. The third-order valence-corrected chi connectivity index (χ3v) is 7.74. The molecular formula is C27H25FN6O4S. The van der Waals surface area contributed by atoms with E-state index in [-0.39, 0.29) is 33.6 Å². The number of aromatic nitrogens is 5. The molecule has 12 heteroatoms. The van der Waals surface area contributed by atoms with Crippen LogP contribution in [0.3, 0.4) is 0 Å². The van der Waals surface area contributed by atoms with Crippen LogP contribution in [0.4, 0.5) is 4.39 Å². The van der Waals surface area contributed by atoms with E-state index in [2.05, 4.69) is 25.6 Å². The van der Waals surface area contributed by atoms with Gasteiger partial charge < -0.3 is 9.73 Å². The van der Waals surface area contributed by atoms with Crippen molar-refractivity contribution in [3.63, 3.8) is 0 Å². The van der Waals surface area contributed by atoms with Crippen LogP contribution in [0.25, 0.3) is 22.7 Å². The maximum atomic E-state index is 13.5. The quantitative estimate of drug-likeness (QED) is 0.252. The summed E-state index contributed by atoms with van der Waals surface area (Å²) in [6, 6.07) is 11.6. The number of benzene rings is 2. The smallest absolute Gasteiger partial charge is 0.251 e. The van der Waals surface area contributed by atoms with Crippen molar-refractivity contribution in [2.75, 3.05) is 6.54 Å². The summed E-state index contributed by atoms with van der Waals surface area (Å²) in [5.74, 6) is -1.08. The third kappa shape index (κ3) is 6.12. The molecule has 0 aliphatic heterocycles. The fourth-order valence-corrected chi connectivity index (χ4v) is 5.54. The molecule has 0 fully saturated rings. The SMILES string of the molecule is Cn1ccc(CS(=O)(=O)c2ccc(C(=O)NCCCc3cn[nH]c3)cc2-c2nc(-c3ccc(F)cc3)co2)n1. The first-order valence-corrected chi connectivity index (χ1v) is 13.8. The predicted molar refractivity (Wildman–Crippen MR) is 141 cm³/mol. The Kier molecular flexibility index (Phi) is 7.37. The van der Waals surface area contributed by atoms with Gasteiger partial charge in [0.05, 0.1) is 28.1 Å². The number of oxazole rings is 1. The molecule has 2 N–H and O–H groups in total. The molecule has 3 aromatic heterocycles. The minimum absolute atomic E-state index is 0.0172. The van der Waals surface area contributed by atoms with Crippen LogP contribution in [0, 0.1) is 5.82 Å². The average Bonchev–Trinajstić information content (AvgIpc) is 3.69. The molecule has 5 rings (SSSR count). The van der Waals surface area contributed by atoms with Gasteiger partial charge >= 0.3 is 0 Å². The normalized spacial score (nSPS) is 11.5. The predicted octanol–water partition coefficient (Wildman–Crippen LogP) is 3.94. The molecule has 5 aromatic rings. The Hall–Kier alpha value is -4.58. The van der Waals surface area contributed by atoms with E-state index in [0.29, 0.717) is 29.9 Å². The van der Waals surface area contributed by atoms with Crippen molar-refractivity contribution in [3.8, 4) is 22.7 Å². The highest BCUT2D eigenvalue weighted by Crippen LogP contribution is 2.32. The molecule has 0 saturated carbocycles. The molecule has 0 spiro atoms. The second kappa shape index (κ2) is 11.0. The van der Waals surface area contributed by atoms with Gasteiger partial charge in [-0.25, -0.2) is 17.8 Å². The number of carbonyl (C=O) groups is 1. The Morgan fingerprint density at radius 1 is 1.15 bits per heavy atom. The summed E-state index contributed by atoms with van der Waals surface area (Å²) in [7, 11) is -2.19. The molecule has 39 heavy (non-hydrogen) atoms. The van der Waals surface area contributed by atoms with Crippen molar-refractivity contribution in [1.29, 1.82) is 0 Å². The number of aromatic amines is 1. The van der Waals surface area contributed by atoms with E-state index < -0.39 is 15.7 Å². The van der Waals surface area contributed by atoms with Crippen molar-refractivity contribution in [1.82, 2.24) is 30.3 Å². The summed E-state index contributed by atoms with van der Waals surface area (Å²) in [5, 5.41) is 13.7. The standard InChI is InChI=1S/C27H25FN6O4S/c1-34-12-10-22(33-34)17-39(36,37)25-9-6-20(26(35)29-11-2-3-18-14-30-31-15-18)13-23(25)27-32-24(16-38-27)19-4-7-21(28)8-5-19/h4-10,12-16H,2-3,11,17H2,1H3,(H,29,35)(H,30,31). The van der Waals surface area contributed by atoms with E-state index in [4.69, 9.17) is 4.42 Å². The molecule has 10 nitrogen and oxygen atoms in total. The van der Waals surface area contributed by atoms with E-state index in [0.717, 1.165) is 12.0 Å². The van der Waals surface area contributed by atoms with Crippen LogP contribution in [0.15, 0.2) is 82.7 Å². The number of amides is 1. The number of H-pyrrole nitrogens is 1. The Morgan fingerprint density at radius 3 is 2.69 bits per heavy atom. The van der Waals surface area contributed by atoms with E-state index in [1.54, 1.807) is 43.8 Å². The van der Waals surface area contributed by atoms with Crippen molar-refractivity contribution < 1.29 is 22.0 Å². The van der Waals surface area contributed by atoms with Crippen LogP contribution < -0.4 is 5.32 Å². The molecule has 0 aliphatic carbocycles. The first kappa shape index (κ1) is 26.0. The Balaban J connectivity index is 1.44. The molecule has 0 atom stereocenters. The minimum Gasteiger partial charge on any atom is -0.444 e. The van der Waals surface area contributed by atoms with Gasteiger partial charge in [0.15, 0.2) is 9.84 Å². The van der Waals surface area contributed by atoms with Crippen LogP contribution in [0.5, 0.6) is 0 Å². The molecule has 0 saturated heterocycles. The van der Waals surface area contributed by atoms with Gasteiger partial charge in [0.2, 0.25) is 5.89 Å². The molecule has 0 radical (unpaired) electrons. The summed E-state index contributed by atoms with van der Waals surface area (Å²) < 4.78 is 47.5. The van der Waals surface area contributed by atoms with Crippen LogP contribution in [-0.4, -0.2) is 45.8 Å². The fourth-order valence-electron chi connectivity index (χ4n) is 4.08. The number of halogens is 1. The number of rotatable bonds is 10. The lowest BCUT2D eigenvalue weighted by molar-refractivity contribution is 0.0953. The monoisotopic (exact) mass is 548 g/mol. The van der Waals surface area contributed by atoms with Crippen molar-refractivity contribution in [2.45, 2.75) is 23.5 Å². The number of aryl methyl sites for hydroxylation is 2. The third-order valence-electron chi connectivity index (χ3n) is 6.04. The second-order valence-corrected chi connectivity index (χ2v) is 10.9. The van der Waals surface area contributed by atoms with Crippen LogP contribution in [0.2, 0.25) is 0 Å². The maximum Gasteiger partial charge on any atom is 0.251 e. The zero-order valence-corrected chi connectivity index (χ0v) is 21.8. The molecule has 3 heterocycles. The van der Waals surface area contributed by atoms with Crippen molar-refractivity contribution in [3.05, 3.63) is 96.0 Å². The van der Waals surface area contributed by atoms with E-state index >= 15 is 0 Å². The number of sulfone groups is 1. The molecule has 0 unspecified atom stereocenters. The summed E-state index contributed by atoms with van der Waals surface area (Å²) in [6.07, 6.45) is 8.00. The van der Waals surface area contributed by atoms with Crippen LogP contribution >= 0.6 is 0 Å². The number of nitrogens with one attached hydrogen (secondary N) is 2. The van der Waals surface area contributed by atoms with Gasteiger partial charge in [-0.1, -0.05) is 0 Å². The number of hydrogen-bond donors (Lipinski definition) is 2. The molecular weight excluding hydrogens is 523 g/mol. The summed E-state index contributed by atoms with van der Waals surface area (Å²) in [4.78, 5) is 17.3.